The van der Waals surface area contributed by atoms with E-state index in [2.05, 4.69) is 18.2 Å². The fourth-order valence-corrected chi connectivity index (χ4v) is 4.14. The fourth-order valence-electron chi connectivity index (χ4n) is 4.14. The molecule has 0 aromatic heterocycles. The number of ketones is 1. The Morgan fingerprint density at radius 3 is 2.44 bits per heavy atom. The van der Waals surface area contributed by atoms with E-state index in [1.165, 1.54) is 24.8 Å². The SMILES string of the molecule is CCC(=O)N1CCc2cc(-c3ccc(C(=O)CCC4CCC4)cc3)ccc21. The van der Waals surface area contributed by atoms with E-state index in [9.17, 15) is 9.59 Å². The minimum Gasteiger partial charge on any atom is -0.312 e. The molecule has 0 bridgehead atoms. The molecule has 1 aliphatic carbocycles. The third-order valence-corrected chi connectivity index (χ3v) is 6.12. The lowest BCUT2D eigenvalue weighted by Crippen LogP contribution is -2.27. The molecule has 0 N–H and O–H groups in total. The Balaban J connectivity index is 1.46. The van der Waals surface area contributed by atoms with Gasteiger partial charge < -0.3 is 4.90 Å². The summed E-state index contributed by atoms with van der Waals surface area (Å²) in [6.45, 7) is 2.68. The predicted molar refractivity (Wildman–Crippen MR) is 109 cm³/mol. The quantitative estimate of drug-likeness (QED) is 0.645. The molecule has 2 aromatic carbocycles. The Morgan fingerprint density at radius 1 is 1.04 bits per heavy atom. The molecule has 0 atom stereocenters. The normalized spacial score (nSPS) is 16.1. The number of fused-ring (bicyclic) bond motifs is 1. The van der Waals surface area contributed by atoms with Crippen LogP contribution in [0.15, 0.2) is 42.5 Å². The largest absolute Gasteiger partial charge is 0.312 e. The van der Waals surface area contributed by atoms with E-state index >= 15 is 0 Å². The molecular weight excluding hydrogens is 334 g/mol. The van der Waals surface area contributed by atoms with Gasteiger partial charge in [0.1, 0.15) is 0 Å². The lowest BCUT2D eigenvalue weighted by molar-refractivity contribution is -0.118. The van der Waals surface area contributed by atoms with Crippen molar-refractivity contribution in [1.82, 2.24) is 0 Å². The standard InChI is InChI=1S/C24H27NO2/c1-2-24(27)25-15-14-21-16-20(11-12-22(21)25)18-7-9-19(10-8-18)23(26)13-6-17-4-3-5-17/h7-12,16-17H,2-6,13-15H2,1H3. The smallest absolute Gasteiger partial charge is 0.226 e. The highest BCUT2D eigenvalue weighted by Gasteiger charge is 2.23. The summed E-state index contributed by atoms with van der Waals surface area (Å²) in [5.41, 5.74) is 5.36. The van der Waals surface area contributed by atoms with E-state index < -0.39 is 0 Å². The van der Waals surface area contributed by atoms with Crippen LogP contribution in [0.2, 0.25) is 0 Å². The molecule has 3 heteroatoms. The first-order chi connectivity index (χ1) is 13.2. The van der Waals surface area contributed by atoms with Crippen LogP contribution in [0, 0.1) is 5.92 Å². The molecule has 140 valence electrons. The Bertz CT molecular complexity index is 849. The summed E-state index contributed by atoms with van der Waals surface area (Å²) in [6.07, 6.45) is 7.09. The number of hydrogen-bond acceptors (Lipinski definition) is 2. The van der Waals surface area contributed by atoms with Gasteiger partial charge >= 0.3 is 0 Å². The summed E-state index contributed by atoms with van der Waals surface area (Å²) in [6, 6.07) is 14.3. The minimum absolute atomic E-state index is 0.186. The van der Waals surface area contributed by atoms with Gasteiger partial charge in [0, 0.05) is 30.6 Å². The molecule has 0 unspecified atom stereocenters. The molecule has 0 radical (unpaired) electrons. The van der Waals surface area contributed by atoms with Gasteiger partial charge in [-0.05, 0) is 47.6 Å². The zero-order chi connectivity index (χ0) is 18.8. The van der Waals surface area contributed by atoms with Gasteiger partial charge in [-0.3, -0.25) is 9.59 Å². The molecule has 0 saturated heterocycles. The summed E-state index contributed by atoms with van der Waals surface area (Å²) >= 11 is 0. The number of nitrogens with zero attached hydrogens (tertiary/aromatic N) is 1. The number of rotatable bonds is 6. The maximum Gasteiger partial charge on any atom is 0.226 e. The molecule has 1 heterocycles. The van der Waals surface area contributed by atoms with E-state index in [4.69, 9.17) is 0 Å². The van der Waals surface area contributed by atoms with Crippen molar-refractivity contribution in [2.24, 2.45) is 5.92 Å². The van der Waals surface area contributed by atoms with Crippen LogP contribution in [0.3, 0.4) is 0 Å². The maximum absolute atomic E-state index is 12.4. The predicted octanol–water partition coefficient (Wildman–Crippen LogP) is 5.42. The molecule has 1 saturated carbocycles. The summed E-state index contributed by atoms with van der Waals surface area (Å²) in [4.78, 5) is 26.3. The van der Waals surface area contributed by atoms with Crippen molar-refractivity contribution >= 4 is 17.4 Å². The molecule has 0 spiro atoms. The van der Waals surface area contributed by atoms with Crippen LogP contribution in [0.1, 0.15) is 61.4 Å². The van der Waals surface area contributed by atoms with Crippen LogP contribution >= 0.6 is 0 Å². The number of hydrogen-bond donors (Lipinski definition) is 0. The van der Waals surface area contributed by atoms with Gasteiger partial charge in [-0.15, -0.1) is 0 Å². The van der Waals surface area contributed by atoms with Crippen LogP contribution < -0.4 is 4.90 Å². The van der Waals surface area contributed by atoms with Gasteiger partial charge in [0.05, 0.1) is 0 Å². The highest BCUT2D eigenvalue weighted by atomic mass is 16.2. The zero-order valence-corrected chi connectivity index (χ0v) is 16.0. The Hall–Kier alpha value is -2.42. The Morgan fingerprint density at radius 2 is 1.78 bits per heavy atom. The molecule has 2 aromatic rings. The van der Waals surface area contributed by atoms with Crippen molar-refractivity contribution in [3.63, 3.8) is 0 Å². The third-order valence-electron chi connectivity index (χ3n) is 6.12. The molecule has 1 fully saturated rings. The van der Waals surface area contributed by atoms with E-state index in [1.54, 1.807) is 0 Å². The molecule has 2 aliphatic rings. The minimum atomic E-state index is 0.186. The lowest BCUT2D eigenvalue weighted by Gasteiger charge is -2.24. The Labute approximate surface area is 161 Å². The molecule has 1 aliphatic heterocycles. The average molecular weight is 361 g/mol. The number of carbonyl (C=O) groups excluding carboxylic acids is 2. The fraction of sp³-hybridized carbons (Fsp3) is 0.417. The highest BCUT2D eigenvalue weighted by molar-refractivity contribution is 5.97. The van der Waals surface area contributed by atoms with Gasteiger partial charge in [0.2, 0.25) is 5.91 Å². The first-order valence-electron chi connectivity index (χ1n) is 10.2. The molecule has 4 rings (SSSR count). The van der Waals surface area contributed by atoms with E-state index in [0.717, 1.165) is 47.7 Å². The maximum atomic E-state index is 12.4. The topological polar surface area (TPSA) is 37.4 Å². The van der Waals surface area contributed by atoms with Crippen molar-refractivity contribution in [2.45, 2.75) is 51.9 Å². The Kier molecular flexibility index (Phi) is 5.11. The van der Waals surface area contributed by atoms with Gasteiger partial charge in [0.25, 0.3) is 0 Å². The van der Waals surface area contributed by atoms with Crippen molar-refractivity contribution in [3.8, 4) is 11.1 Å². The first kappa shape index (κ1) is 18.0. The van der Waals surface area contributed by atoms with Gasteiger partial charge in [-0.2, -0.15) is 0 Å². The number of anilines is 1. The van der Waals surface area contributed by atoms with Crippen LogP contribution in [0.4, 0.5) is 5.69 Å². The second kappa shape index (κ2) is 7.67. The summed E-state index contributed by atoms with van der Waals surface area (Å²) < 4.78 is 0. The molecular formula is C24H27NO2. The molecule has 27 heavy (non-hydrogen) atoms. The van der Waals surface area contributed by atoms with Crippen molar-refractivity contribution in [2.75, 3.05) is 11.4 Å². The van der Waals surface area contributed by atoms with Crippen LogP contribution in [0.5, 0.6) is 0 Å². The zero-order valence-electron chi connectivity index (χ0n) is 16.0. The molecule has 1 amide bonds. The number of carbonyl (C=O) groups is 2. The van der Waals surface area contributed by atoms with Crippen LogP contribution in [-0.2, 0) is 11.2 Å². The lowest BCUT2D eigenvalue weighted by atomic mass is 9.81. The summed E-state index contributed by atoms with van der Waals surface area (Å²) in [5.74, 6) is 1.22. The van der Waals surface area contributed by atoms with Crippen molar-refractivity contribution in [3.05, 3.63) is 53.6 Å². The van der Waals surface area contributed by atoms with Gasteiger partial charge in [-0.1, -0.05) is 56.5 Å². The second-order valence-corrected chi connectivity index (χ2v) is 7.83. The summed E-state index contributed by atoms with van der Waals surface area (Å²) in [5, 5.41) is 0. The number of benzene rings is 2. The van der Waals surface area contributed by atoms with Gasteiger partial charge in [-0.25, -0.2) is 0 Å². The first-order valence-corrected chi connectivity index (χ1v) is 10.2. The second-order valence-electron chi connectivity index (χ2n) is 7.83. The third kappa shape index (κ3) is 3.69. The summed E-state index contributed by atoms with van der Waals surface area (Å²) in [7, 11) is 0. The monoisotopic (exact) mass is 361 g/mol. The average Bonchev–Trinajstić information content (AvgIpc) is 3.09. The van der Waals surface area contributed by atoms with Gasteiger partial charge in [0.15, 0.2) is 5.78 Å². The van der Waals surface area contributed by atoms with E-state index in [1.807, 2.05) is 36.1 Å². The van der Waals surface area contributed by atoms with Crippen molar-refractivity contribution in [1.29, 1.82) is 0 Å². The van der Waals surface area contributed by atoms with Crippen LogP contribution in [-0.4, -0.2) is 18.2 Å². The van der Waals surface area contributed by atoms with E-state index in [0.29, 0.717) is 12.8 Å². The highest BCUT2D eigenvalue weighted by Crippen LogP contribution is 2.33. The number of amides is 1. The van der Waals surface area contributed by atoms with Crippen molar-refractivity contribution < 1.29 is 9.59 Å². The van der Waals surface area contributed by atoms with Crippen LogP contribution in [0.25, 0.3) is 11.1 Å². The van der Waals surface area contributed by atoms with E-state index in [-0.39, 0.29) is 11.7 Å². The number of Topliss-reactive ketones (excluding diaryl/α,β-unsaturated/α-hetero) is 1. The molecule has 3 nitrogen and oxygen atoms in total.